The van der Waals surface area contributed by atoms with Crippen molar-refractivity contribution in [2.75, 3.05) is 13.2 Å². The van der Waals surface area contributed by atoms with E-state index in [1.54, 1.807) is 0 Å². The molecular weight excluding hydrogens is 949 g/mol. The summed E-state index contributed by atoms with van der Waals surface area (Å²) in [7, 11) is 0. The molecule has 0 saturated heterocycles. The van der Waals surface area contributed by atoms with Crippen LogP contribution in [0.4, 0.5) is 0 Å². The second-order valence-electron chi connectivity index (χ2n) is 22.4. The summed E-state index contributed by atoms with van der Waals surface area (Å²) in [5.41, 5.74) is 0. The Balaban J connectivity index is 4.27. The normalized spacial score (nSPS) is 12.5. The summed E-state index contributed by atoms with van der Waals surface area (Å²) in [4.78, 5) is 38.3. The zero-order valence-corrected chi connectivity index (χ0v) is 51.2. The minimum absolute atomic E-state index is 0.0826. The molecule has 0 aliphatic heterocycles. The van der Waals surface area contributed by atoms with Gasteiger partial charge in [-0.25, -0.2) is 0 Å². The molecule has 0 heterocycles. The molecule has 0 aliphatic carbocycles. The predicted octanol–water partition coefficient (Wildman–Crippen LogP) is 22.9. The maximum absolute atomic E-state index is 12.9. The van der Waals surface area contributed by atoms with Crippen molar-refractivity contribution >= 4 is 17.9 Å². The van der Waals surface area contributed by atoms with Gasteiger partial charge in [0, 0.05) is 19.3 Å². The van der Waals surface area contributed by atoms with Crippen molar-refractivity contribution in [3.05, 3.63) is 72.9 Å². The quantitative estimate of drug-likeness (QED) is 0.0261. The molecule has 0 radical (unpaired) electrons. The zero-order chi connectivity index (χ0) is 55.7. The predicted molar refractivity (Wildman–Crippen MR) is 335 cm³/mol. The van der Waals surface area contributed by atoms with Gasteiger partial charge in [0.05, 0.1) is 0 Å². The first-order chi connectivity index (χ1) is 38.0. The fourth-order valence-corrected chi connectivity index (χ4v) is 9.70. The molecule has 6 nitrogen and oxygen atoms in total. The van der Waals surface area contributed by atoms with Gasteiger partial charge < -0.3 is 14.2 Å². The third kappa shape index (κ3) is 63.6. The van der Waals surface area contributed by atoms with E-state index in [0.717, 1.165) is 96.3 Å². The smallest absolute Gasteiger partial charge is 0.306 e. The molecule has 1 atom stereocenters. The molecule has 1 unspecified atom stereocenters. The highest BCUT2D eigenvalue weighted by Gasteiger charge is 2.19. The molecule has 0 aromatic rings. The van der Waals surface area contributed by atoms with Crippen LogP contribution in [0.1, 0.15) is 342 Å². The second kappa shape index (κ2) is 65.4. The highest BCUT2D eigenvalue weighted by atomic mass is 16.6. The van der Waals surface area contributed by atoms with Crippen LogP contribution in [-0.4, -0.2) is 37.2 Å². The average molecular weight is 1080 g/mol. The highest BCUT2D eigenvalue weighted by molar-refractivity contribution is 5.71. The summed E-state index contributed by atoms with van der Waals surface area (Å²) >= 11 is 0. The molecular formula is C71H126O6. The maximum Gasteiger partial charge on any atom is 0.306 e. The minimum atomic E-state index is -0.787. The third-order valence-corrected chi connectivity index (χ3v) is 14.7. The monoisotopic (exact) mass is 1070 g/mol. The second-order valence-corrected chi connectivity index (χ2v) is 22.4. The van der Waals surface area contributed by atoms with Gasteiger partial charge in [-0.1, -0.05) is 306 Å². The van der Waals surface area contributed by atoms with Gasteiger partial charge in [0.25, 0.3) is 0 Å². The Labute approximate surface area is 478 Å². The number of carbonyl (C=O) groups excluding carboxylic acids is 3. The standard InChI is InChI=1S/C71H126O6/c1-4-7-10-13-16-19-22-25-27-29-31-32-33-34-35-36-37-38-40-41-43-46-49-52-55-58-61-64-70(73)76-67-68(66-75-69(72)63-60-57-54-51-48-45-24-21-18-15-12-9-6-3)77-71(74)65-62-59-56-53-50-47-44-42-39-30-28-26-23-20-17-14-11-8-5-2/h9,12,18,21-22,25,29,31,33-34,45,48,68H,4-8,10-11,13-17,19-20,23-24,26-28,30,32,35-44,46-47,49-67H2,1-3H3/b12-9-,21-18-,25-22-,31-29-,34-33-,48-45-. The van der Waals surface area contributed by atoms with E-state index in [1.165, 1.54) is 205 Å². The van der Waals surface area contributed by atoms with E-state index >= 15 is 0 Å². The molecule has 0 aromatic heterocycles. The largest absolute Gasteiger partial charge is 0.462 e. The molecule has 446 valence electrons. The molecule has 0 rings (SSSR count). The van der Waals surface area contributed by atoms with Crippen molar-refractivity contribution in [2.24, 2.45) is 0 Å². The van der Waals surface area contributed by atoms with Gasteiger partial charge in [-0.15, -0.1) is 0 Å². The van der Waals surface area contributed by atoms with Gasteiger partial charge >= 0.3 is 17.9 Å². The summed E-state index contributed by atoms with van der Waals surface area (Å²) in [5, 5.41) is 0. The molecule has 0 amide bonds. The van der Waals surface area contributed by atoms with E-state index in [9.17, 15) is 14.4 Å². The van der Waals surface area contributed by atoms with Crippen LogP contribution in [0.2, 0.25) is 0 Å². The van der Waals surface area contributed by atoms with Crippen LogP contribution in [0.3, 0.4) is 0 Å². The van der Waals surface area contributed by atoms with E-state index in [0.29, 0.717) is 19.3 Å². The SMILES string of the molecule is CC/C=C\C/C=C\C/C=C\CCCCCC(=O)OCC(COC(=O)CCCCCCCCCCCCCC/C=C\C/C=C\C/C=C\CCCCCCC)OC(=O)CCCCCCCCCCCCCCCCCCCCC. The van der Waals surface area contributed by atoms with Crippen LogP contribution in [-0.2, 0) is 28.6 Å². The van der Waals surface area contributed by atoms with Gasteiger partial charge in [0.1, 0.15) is 13.2 Å². The van der Waals surface area contributed by atoms with E-state index < -0.39 is 6.10 Å². The van der Waals surface area contributed by atoms with Gasteiger partial charge in [-0.2, -0.15) is 0 Å². The molecule has 0 saturated carbocycles. The van der Waals surface area contributed by atoms with E-state index in [-0.39, 0.29) is 31.1 Å². The molecule has 0 fully saturated rings. The molecule has 0 spiro atoms. The van der Waals surface area contributed by atoms with E-state index in [4.69, 9.17) is 14.2 Å². The first-order valence-electron chi connectivity index (χ1n) is 33.4. The fourth-order valence-electron chi connectivity index (χ4n) is 9.70. The van der Waals surface area contributed by atoms with Gasteiger partial charge in [0.2, 0.25) is 0 Å². The highest BCUT2D eigenvalue weighted by Crippen LogP contribution is 2.17. The van der Waals surface area contributed by atoms with Crippen LogP contribution in [0.5, 0.6) is 0 Å². The van der Waals surface area contributed by atoms with Crippen molar-refractivity contribution in [1.29, 1.82) is 0 Å². The van der Waals surface area contributed by atoms with Gasteiger partial charge in [-0.05, 0) is 89.9 Å². The fraction of sp³-hybridized carbons (Fsp3) is 0.789. The van der Waals surface area contributed by atoms with Crippen molar-refractivity contribution in [3.8, 4) is 0 Å². The number of hydrogen-bond donors (Lipinski definition) is 0. The molecule has 77 heavy (non-hydrogen) atoms. The number of ether oxygens (including phenoxy) is 3. The number of esters is 3. The number of allylic oxidation sites excluding steroid dienone is 12. The zero-order valence-electron chi connectivity index (χ0n) is 51.2. The van der Waals surface area contributed by atoms with Crippen LogP contribution >= 0.6 is 0 Å². The Morgan fingerprint density at radius 3 is 0.805 bits per heavy atom. The Hall–Kier alpha value is -3.15. The van der Waals surface area contributed by atoms with Crippen molar-refractivity contribution in [3.63, 3.8) is 0 Å². The number of hydrogen-bond acceptors (Lipinski definition) is 6. The summed E-state index contributed by atoms with van der Waals surface area (Å²) in [5.74, 6) is -0.897. The van der Waals surface area contributed by atoms with E-state index in [1.807, 2.05) is 0 Å². The summed E-state index contributed by atoms with van der Waals surface area (Å²) in [6.45, 7) is 6.54. The van der Waals surface area contributed by atoms with Crippen LogP contribution < -0.4 is 0 Å². The first kappa shape index (κ1) is 73.8. The Bertz CT molecular complexity index is 1420. The van der Waals surface area contributed by atoms with Crippen molar-refractivity contribution < 1.29 is 28.6 Å². The summed E-state index contributed by atoms with van der Waals surface area (Å²) in [6, 6.07) is 0. The molecule has 0 aliphatic rings. The minimum Gasteiger partial charge on any atom is -0.462 e. The molecule has 0 aromatic carbocycles. The topological polar surface area (TPSA) is 78.9 Å². The molecule has 6 heteroatoms. The number of rotatable bonds is 61. The molecule has 0 bridgehead atoms. The Morgan fingerprint density at radius 2 is 0.506 bits per heavy atom. The lowest BCUT2D eigenvalue weighted by atomic mass is 10.0. The Kier molecular flexibility index (Phi) is 62.7. The van der Waals surface area contributed by atoms with Crippen molar-refractivity contribution in [1.82, 2.24) is 0 Å². The maximum atomic E-state index is 12.9. The lowest BCUT2D eigenvalue weighted by Crippen LogP contribution is -2.30. The van der Waals surface area contributed by atoms with Crippen molar-refractivity contribution in [2.45, 2.75) is 348 Å². The molecule has 0 N–H and O–H groups in total. The number of carbonyl (C=O) groups is 3. The summed E-state index contributed by atoms with van der Waals surface area (Å²) in [6.07, 6.45) is 84.9. The van der Waals surface area contributed by atoms with Crippen LogP contribution in [0.15, 0.2) is 72.9 Å². The van der Waals surface area contributed by atoms with Gasteiger partial charge in [-0.3, -0.25) is 14.4 Å². The Morgan fingerprint density at radius 1 is 0.273 bits per heavy atom. The summed E-state index contributed by atoms with van der Waals surface area (Å²) < 4.78 is 16.9. The van der Waals surface area contributed by atoms with E-state index in [2.05, 4.69) is 93.7 Å². The van der Waals surface area contributed by atoms with Crippen LogP contribution in [0.25, 0.3) is 0 Å². The van der Waals surface area contributed by atoms with Gasteiger partial charge in [0.15, 0.2) is 6.10 Å². The average Bonchev–Trinajstić information content (AvgIpc) is 3.43. The number of unbranched alkanes of at least 4 members (excludes halogenated alkanes) is 38. The lowest BCUT2D eigenvalue weighted by molar-refractivity contribution is -0.167. The van der Waals surface area contributed by atoms with Crippen LogP contribution in [0, 0.1) is 0 Å². The third-order valence-electron chi connectivity index (χ3n) is 14.7. The first-order valence-corrected chi connectivity index (χ1v) is 33.4. The lowest BCUT2D eigenvalue weighted by Gasteiger charge is -2.18.